The molecule has 0 spiro atoms. The van der Waals surface area contributed by atoms with E-state index in [1.165, 1.54) is 6.33 Å². The summed E-state index contributed by atoms with van der Waals surface area (Å²) in [6.45, 7) is 0.502. The molecule has 1 amide bonds. The first-order valence-corrected chi connectivity index (χ1v) is 10.8. The molecule has 0 saturated carbocycles. The SMILES string of the molecule is COc1cc2ncnc(-c3cn(C)nc3-c3ccccc3)c2nc1-c1ccc2c(c1)CNC2=O. The zero-order chi connectivity index (χ0) is 23.2. The van der Waals surface area contributed by atoms with E-state index in [0.717, 1.165) is 27.9 Å². The minimum atomic E-state index is -0.0549. The number of carbonyl (C=O) groups excluding carboxylic acids is 1. The highest BCUT2D eigenvalue weighted by Crippen LogP contribution is 2.37. The summed E-state index contributed by atoms with van der Waals surface area (Å²) in [7, 11) is 3.50. The van der Waals surface area contributed by atoms with Crippen molar-refractivity contribution in [1.29, 1.82) is 0 Å². The molecule has 2 aromatic carbocycles. The Balaban J connectivity index is 1.57. The fourth-order valence-corrected chi connectivity index (χ4v) is 4.38. The van der Waals surface area contributed by atoms with Crippen molar-refractivity contribution in [3.8, 4) is 39.5 Å². The molecule has 0 saturated heterocycles. The lowest BCUT2D eigenvalue weighted by Gasteiger charge is -2.12. The third kappa shape index (κ3) is 3.19. The van der Waals surface area contributed by atoms with Crippen LogP contribution < -0.4 is 10.1 Å². The van der Waals surface area contributed by atoms with Crippen LogP contribution in [0, 0.1) is 0 Å². The minimum Gasteiger partial charge on any atom is -0.494 e. The summed E-state index contributed by atoms with van der Waals surface area (Å²) >= 11 is 0. The van der Waals surface area contributed by atoms with E-state index in [4.69, 9.17) is 9.72 Å². The Kier molecular flexibility index (Phi) is 4.58. The van der Waals surface area contributed by atoms with Gasteiger partial charge in [0.15, 0.2) is 0 Å². The van der Waals surface area contributed by atoms with Crippen molar-refractivity contribution in [2.24, 2.45) is 7.05 Å². The van der Waals surface area contributed by atoms with Crippen LogP contribution >= 0.6 is 0 Å². The molecule has 0 atom stereocenters. The lowest BCUT2D eigenvalue weighted by molar-refractivity contribution is 0.0965. The van der Waals surface area contributed by atoms with E-state index in [2.05, 4.69) is 20.4 Å². The van der Waals surface area contributed by atoms with Gasteiger partial charge < -0.3 is 10.1 Å². The van der Waals surface area contributed by atoms with Gasteiger partial charge in [-0.15, -0.1) is 0 Å². The first-order chi connectivity index (χ1) is 16.6. The number of methoxy groups -OCH3 is 1. The summed E-state index contributed by atoms with van der Waals surface area (Å²) in [6.07, 6.45) is 3.48. The van der Waals surface area contributed by atoms with Gasteiger partial charge in [0, 0.05) is 48.1 Å². The molecule has 6 rings (SSSR count). The second-order valence-corrected chi connectivity index (χ2v) is 8.11. The van der Waals surface area contributed by atoms with Crippen molar-refractivity contribution in [3.63, 3.8) is 0 Å². The second kappa shape index (κ2) is 7.77. The van der Waals surface area contributed by atoms with Gasteiger partial charge in [-0.1, -0.05) is 36.4 Å². The average molecular weight is 448 g/mol. The number of ether oxygens (including phenoxy) is 1. The monoisotopic (exact) mass is 448 g/mol. The van der Waals surface area contributed by atoms with Gasteiger partial charge >= 0.3 is 0 Å². The fourth-order valence-electron chi connectivity index (χ4n) is 4.38. The Morgan fingerprint density at radius 3 is 2.62 bits per heavy atom. The largest absolute Gasteiger partial charge is 0.494 e. The quantitative estimate of drug-likeness (QED) is 0.446. The van der Waals surface area contributed by atoms with Gasteiger partial charge in [-0.3, -0.25) is 9.48 Å². The van der Waals surface area contributed by atoms with Crippen LogP contribution in [0.15, 0.2) is 67.1 Å². The van der Waals surface area contributed by atoms with Crippen LogP contribution in [-0.4, -0.2) is 37.7 Å². The molecular weight excluding hydrogens is 428 g/mol. The molecule has 0 aliphatic carbocycles. The van der Waals surface area contributed by atoms with E-state index in [9.17, 15) is 4.79 Å². The Morgan fingerprint density at radius 2 is 1.79 bits per heavy atom. The van der Waals surface area contributed by atoms with Crippen molar-refractivity contribution < 1.29 is 9.53 Å². The zero-order valence-corrected chi connectivity index (χ0v) is 18.6. The molecule has 8 heteroatoms. The number of aryl methyl sites for hydroxylation is 1. The van der Waals surface area contributed by atoms with Gasteiger partial charge in [-0.2, -0.15) is 5.10 Å². The fraction of sp³-hybridized carbons (Fsp3) is 0.115. The predicted molar refractivity (Wildman–Crippen MR) is 128 cm³/mol. The van der Waals surface area contributed by atoms with E-state index in [-0.39, 0.29) is 5.91 Å². The Hall–Kier alpha value is -4.59. The van der Waals surface area contributed by atoms with Gasteiger partial charge in [0.05, 0.1) is 12.6 Å². The third-order valence-electron chi connectivity index (χ3n) is 5.99. The van der Waals surface area contributed by atoms with E-state index in [1.54, 1.807) is 11.8 Å². The maximum absolute atomic E-state index is 12.0. The van der Waals surface area contributed by atoms with Crippen LogP contribution in [0.2, 0.25) is 0 Å². The molecule has 1 aliphatic heterocycles. The van der Waals surface area contributed by atoms with Crippen molar-refractivity contribution in [1.82, 2.24) is 30.0 Å². The lowest BCUT2D eigenvalue weighted by atomic mass is 10.0. The van der Waals surface area contributed by atoms with Crippen LogP contribution in [0.1, 0.15) is 15.9 Å². The molecule has 4 heterocycles. The number of benzene rings is 2. The summed E-state index contributed by atoms with van der Waals surface area (Å²) in [6, 6.07) is 17.6. The summed E-state index contributed by atoms with van der Waals surface area (Å²) in [5.41, 5.74) is 7.86. The number of nitrogens with one attached hydrogen (secondary N) is 1. The molecule has 166 valence electrons. The Morgan fingerprint density at radius 1 is 0.941 bits per heavy atom. The summed E-state index contributed by atoms with van der Waals surface area (Å²) in [5, 5.41) is 7.55. The number of rotatable bonds is 4. The molecule has 1 N–H and O–H groups in total. The predicted octanol–water partition coefficient (Wildman–Crippen LogP) is 4.01. The van der Waals surface area contributed by atoms with Crippen molar-refractivity contribution in [2.45, 2.75) is 6.54 Å². The van der Waals surface area contributed by atoms with Gasteiger partial charge in [0.2, 0.25) is 0 Å². The molecule has 1 aliphatic rings. The third-order valence-corrected chi connectivity index (χ3v) is 5.99. The number of hydrogen-bond acceptors (Lipinski definition) is 6. The maximum atomic E-state index is 12.0. The van der Waals surface area contributed by atoms with E-state index < -0.39 is 0 Å². The molecule has 0 fully saturated rings. The molecule has 0 unspecified atom stereocenters. The zero-order valence-electron chi connectivity index (χ0n) is 18.6. The molecule has 0 bridgehead atoms. The number of nitrogens with zero attached hydrogens (tertiary/aromatic N) is 5. The van der Waals surface area contributed by atoms with Crippen molar-refractivity contribution in [3.05, 3.63) is 78.2 Å². The molecule has 0 radical (unpaired) electrons. The van der Waals surface area contributed by atoms with E-state index in [1.807, 2.05) is 67.8 Å². The average Bonchev–Trinajstić information content (AvgIpc) is 3.45. The first kappa shape index (κ1) is 20.0. The number of carbonyl (C=O) groups is 1. The topological polar surface area (TPSA) is 94.8 Å². The molecule has 3 aromatic heterocycles. The summed E-state index contributed by atoms with van der Waals surface area (Å²) < 4.78 is 7.45. The lowest BCUT2D eigenvalue weighted by Crippen LogP contribution is -2.12. The van der Waals surface area contributed by atoms with Gasteiger partial charge in [-0.05, 0) is 17.7 Å². The number of aromatic nitrogens is 5. The van der Waals surface area contributed by atoms with Gasteiger partial charge in [0.25, 0.3) is 5.91 Å². The van der Waals surface area contributed by atoms with Crippen LogP contribution in [0.25, 0.3) is 44.8 Å². The van der Waals surface area contributed by atoms with Crippen LogP contribution in [0.3, 0.4) is 0 Å². The van der Waals surface area contributed by atoms with E-state index in [0.29, 0.717) is 40.3 Å². The maximum Gasteiger partial charge on any atom is 0.251 e. The number of fused-ring (bicyclic) bond motifs is 2. The molecule has 34 heavy (non-hydrogen) atoms. The molecule has 5 aromatic rings. The summed E-state index contributed by atoms with van der Waals surface area (Å²) in [5.74, 6) is 0.546. The van der Waals surface area contributed by atoms with Gasteiger partial charge in [-0.25, -0.2) is 15.0 Å². The van der Waals surface area contributed by atoms with Crippen molar-refractivity contribution in [2.75, 3.05) is 7.11 Å². The summed E-state index contributed by atoms with van der Waals surface area (Å²) in [4.78, 5) is 26.0. The van der Waals surface area contributed by atoms with Crippen LogP contribution in [0.4, 0.5) is 0 Å². The molecule has 8 nitrogen and oxygen atoms in total. The smallest absolute Gasteiger partial charge is 0.251 e. The number of hydrogen-bond donors (Lipinski definition) is 1. The number of amides is 1. The molecular formula is C26H20N6O2. The highest BCUT2D eigenvalue weighted by atomic mass is 16.5. The number of pyridine rings is 1. The first-order valence-electron chi connectivity index (χ1n) is 10.8. The Bertz CT molecular complexity index is 1580. The minimum absolute atomic E-state index is 0.0549. The highest BCUT2D eigenvalue weighted by Gasteiger charge is 2.22. The Labute approximate surface area is 195 Å². The van der Waals surface area contributed by atoms with Gasteiger partial charge in [0.1, 0.15) is 34.7 Å². The second-order valence-electron chi connectivity index (χ2n) is 8.11. The normalized spacial score (nSPS) is 12.6. The van der Waals surface area contributed by atoms with Crippen LogP contribution in [-0.2, 0) is 13.6 Å². The standard InChI is InChI=1S/C26H20N6O2/c1-32-13-19(22(31-32)15-6-4-3-5-7-15)24-25-20(28-14-29-24)11-21(34-2)23(30-25)16-8-9-18-17(10-16)12-27-26(18)33/h3-11,13-14H,12H2,1-2H3,(H,27,33). The highest BCUT2D eigenvalue weighted by molar-refractivity contribution is 5.99. The van der Waals surface area contributed by atoms with Crippen molar-refractivity contribution >= 4 is 16.9 Å². The van der Waals surface area contributed by atoms with Crippen LogP contribution in [0.5, 0.6) is 5.75 Å². The van der Waals surface area contributed by atoms with E-state index >= 15 is 0 Å².